The molecule has 1 atom stereocenters. The molecule has 146 valence electrons. The molecule has 2 amide bonds. The van der Waals surface area contributed by atoms with E-state index in [0.29, 0.717) is 16.8 Å². The number of carbonyl (C=O) groups is 2. The Hall–Kier alpha value is -2.96. The number of hydrogen-bond donors (Lipinski definition) is 1. The molecule has 2 aliphatic rings. The van der Waals surface area contributed by atoms with E-state index in [0.717, 1.165) is 44.4 Å². The lowest BCUT2D eigenvalue weighted by molar-refractivity contribution is 0.0661. The highest BCUT2D eigenvalue weighted by Gasteiger charge is 2.36. The SMILES string of the molecule is CN1c2cc(C(=O)Nc3ccc(F)c(F)c3)ccc2C(=O)N2CCCCCC21. The normalized spacial score (nSPS) is 19.0. The molecule has 0 radical (unpaired) electrons. The molecule has 0 bridgehead atoms. The second-order valence-electron chi connectivity index (χ2n) is 7.25. The average Bonchev–Trinajstić information content (AvgIpc) is 2.95. The zero-order valence-corrected chi connectivity index (χ0v) is 15.5. The Bertz CT molecular complexity index is 947. The summed E-state index contributed by atoms with van der Waals surface area (Å²) in [7, 11) is 1.94. The molecule has 5 nitrogen and oxygen atoms in total. The number of rotatable bonds is 2. The van der Waals surface area contributed by atoms with Gasteiger partial charge in [0.2, 0.25) is 0 Å². The molecular formula is C21H21F2N3O2. The van der Waals surface area contributed by atoms with Crippen LogP contribution in [0.5, 0.6) is 0 Å². The van der Waals surface area contributed by atoms with Gasteiger partial charge in [-0.1, -0.05) is 6.42 Å². The minimum atomic E-state index is -1.03. The summed E-state index contributed by atoms with van der Waals surface area (Å²) >= 11 is 0. The van der Waals surface area contributed by atoms with Crippen LogP contribution in [-0.2, 0) is 0 Å². The van der Waals surface area contributed by atoms with Gasteiger partial charge in [0, 0.05) is 30.9 Å². The van der Waals surface area contributed by atoms with Crippen molar-refractivity contribution in [3.63, 3.8) is 0 Å². The Balaban J connectivity index is 1.62. The quantitative estimate of drug-likeness (QED) is 0.850. The van der Waals surface area contributed by atoms with Crippen LogP contribution in [0.15, 0.2) is 36.4 Å². The second-order valence-corrected chi connectivity index (χ2v) is 7.25. The first-order chi connectivity index (χ1) is 13.5. The standard InChI is InChI=1S/C21H21F2N3O2/c1-25-18-11-13(20(27)24-14-7-9-16(22)17(23)12-14)6-8-15(18)21(28)26-10-4-2-3-5-19(25)26/h6-9,11-12,19H,2-5,10H2,1H3,(H,24,27). The molecule has 0 aliphatic carbocycles. The van der Waals surface area contributed by atoms with Crippen LogP contribution < -0.4 is 10.2 Å². The second kappa shape index (κ2) is 7.22. The van der Waals surface area contributed by atoms with Gasteiger partial charge in [-0.25, -0.2) is 8.78 Å². The maximum Gasteiger partial charge on any atom is 0.257 e. The summed E-state index contributed by atoms with van der Waals surface area (Å²) in [5.74, 6) is -2.45. The molecule has 1 unspecified atom stereocenters. The minimum Gasteiger partial charge on any atom is -0.354 e. The monoisotopic (exact) mass is 385 g/mol. The predicted molar refractivity (Wildman–Crippen MR) is 102 cm³/mol. The van der Waals surface area contributed by atoms with Gasteiger partial charge in [0.15, 0.2) is 11.6 Å². The van der Waals surface area contributed by atoms with E-state index in [1.54, 1.807) is 18.2 Å². The number of anilines is 2. The van der Waals surface area contributed by atoms with Crippen molar-refractivity contribution in [1.82, 2.24) is 4.90 Å². The fourth-order valence-corrected chi connectivity index (χ4v) is 3.97. The van der Waals surface area contributed by atoms with Crippen LogP contribution in [0.3, 0.4) is 0 Å². The van der Waals surface area contributed by atoms with Gasteiger partial charge in [0.05, 0.1) is 11.3 Å². The smallest absolute Gasteiger partial charge is 0.257 e. The lowest BCUT2D eigenvalue weighted by atomic mass is 10.0. The third-order valence-corrected chi connectivity index (χ3v) is 5.48. The number of benzene rings is 2. The molecule has 0 spiro atoms. The summed E-state index contributed by atoms with van der Waals surface area (Å²) in [5.41, 5.74) is 1.81. The van der Waals surface area contributed by atoms with Gasteiger partial charge in [-0.15, -0.1) is 0 Å². The molecule has 2 heterocycles. The predicted octanol–water partition coefficient (Wildman–Crippen LogP) is 4.01. The fraction of sp³-hybridized carbons (Fsp3) is 0.333. The Kier molecular flexibility index (Phi) is 4.75. The van der Waals surface area contributed by atoms with E-state index in [4.69, 9.17) is 0 Å². The van der Waals surface area contributed by atoms with E-state index in [1.807, 2.05) is 11.9 Å². The van der Waals surface area contributed by atoms with E-state index in [9.17, 15) is 18.4 Å². The Morgan fingerprint density at radius 1 is 1.07 bits per heavy atom. The summed E-state index contributed by atoms with van der Waals surface area (Å²) in [4.78, 5) is 29.5. The van der Waals surface area contributed by atoms with Gasteiger partial charge in [0.25, 0.3) is 11.8 Å². The third kappa shape index (κ3) is 3.21. The van der Waals surface area contributed by atoms with Gasteiger partial charge in [0.1, 0.15) is 6.17 Å². The van der Waals surface area contributed by atoms with Crippen LogP contribution >= 0.6 is 0 Å². The molecule has 1 N–H and O–H groups in total. The van der Waals surface area contributed by atoms with E-state index in [-0.39, 0.29) is 17.8 Å². The Labute approximate surface area is 161 Å². The lowest BCUT2D eigenvalue weighted by Crippen LogP contribution is -2.53. The zero-order valence-electron chi connectivity index (χ0n) is 15.5. The van der Waals surface area contributed by atoms with Gasteiger partial charge in [-0.2, -0.15) is 0 Å². The van der Waals surface area contributed by atoms with Crippen LogP contribution in [0, 0.1) is 11.6 Å². The number of hydrogen-bond acceptors (Lipinski definition) is 3. The van der Waals surface area contributed by atoms with Crippen LogP contribution in [0.2, 0.25) is 0 Å². The first-order valence-corrected chi connectivity index (χ1v) is 9.40. The van der Waals surface area contributed by atoms with Crippen molar-refractivity contribution in [2.24, 2.45) is 0 Å². The molecule has 2 aliphatic heterocycles. The number of nitrogens with zero attached hydrogens (tertiary/aromatic N) is 2. The van der Waals surface area contributed by atoms with Gasteiger partial charge >= 0.3 is 0 Å². The number of carbonyl (C=O) groups excluding carboxylic acids is 2. The summed E-state index contributed by atoms with van der Waals surface area (Å²) in [6, 6.07) is 8.13. The highest BCUT2D eigenvalue weighted by molar-refractivity contribution is 6.08. The van der Waals surface area contributed by atoms with Crippen LogP contribution in [-0.4, -0.2) is 36.5 Å². The van der Waals surface area contributed by atoms with Crippen LogP contribution in [0.4, 0.5) is 20.2 Å². The molecule has 0 saturated carbocycles. The maximum atomic E-state index is 13.4. The summed E-state index contributed by atoms with van der Waals surface area (Å²) in [6.07, 6.45) is 4.05. The number of halogens is 2. The van der Waals surface area contributed by atoms with E-state index in [1.165, 1.54) is 6.07 Å². The minimum absolute atomic E-state index is 0.00689. The van der Waals surface area contributed by atoms with Crippen molar-refractivity contribution in [1.29, 1.82) is 0 Å². The van der Waals surface area contributed by atoms with E-state index < -0.39 is 17.5 Å². The van der Waals surface area contributed by atoms with Crippen LogP contribution in [0.1, 0.15) is 46.4 Å². The van der Waals surface area contributed by atoms with Gasteiger partial charge in [-0.05, 0) is 49.6 Å². The van der Waals surface area contributed by atoms with Gasteiger partial charge in [-0.3, -0.25) is 9.59 Å². The topological polar surface area (TPSA) is 52.7 Å². The number of nitrogens with one attached hydrogen (secondary N) is 1. The molecule has 1 fully saturated rings. The van der Waals surface area contributed by atoms with Crippen molar-refractivity contribution >= 4 is 23.2 Å². The van der Waals surface area contributed by atoms with E-state index >= 15 is 0 Å². The molecule has 1 saturated heterocycles. The molecule has 2 aromatic rings. The van der Waals surface area contributed by atoms with E-state index in [2.05, 4.69) is 10.2 Å². The summed E-state index contributed by atoms with van der Waals surface area (Å²) in [5, 5.41) is 2.57. The summed E-state index contributed by atoms with van der Waals surface area (Å²) < 4.78 is 26.4. The first-order valence-electron chi connectivity index (χ1n) is 9.40. The maximum absolute atomic E-state index is 13.4. The Morgan fingerprint density at radius 2 is 1.89 bits per heavy atom. The molecular weight excluding hydrogens is 364 g/mol. The largest absolute Gasteiger partial charge is 0.354 e. The highest BCUT2D eigenvalue weighted by Crippen LogP contribution is 2.34. The van der Waals surface area contributed by atoms with Crippen molar-refractivity contribution < 1.29 is 18.4 Å². The fourth-order valence-electron chi connectivity index (χ4n) is 3.97. The number of amides is 2. The average molecular weight is 385 g/mol. The van der Waals surface area contributed by atoms with Crippen molar-refractivity contribution in [3.8, 4) is 0 Å². The first kappa shape index (κ1) is 18.4. The third-order valence-electron chi connectivity index (χ3n) is 5.48. The van der Waals surface area contributed by atoms with Crippen LogP contribution in [0.25, 0.3) is 0 Å². The lowest BCUT2D eigenvalue weighted by Gasteiger charge is -2.43. The van der Waals surface area contributed by atoms with Crippen molar-refractivity contribution in [3.05, 3.63) is 59.2 Å². The zero-order chi connectivity index (χ0) is 19.8. The van der Waals surface area contributed by atoms with Gasteiger partial charge < -0.3 is 15.1 Å². The Morgan fingerprint density at radius 3 is 2.68 bits per heavy atom. The molecule has 7 heteroatoms. The molecule has 2 aromatic carbocycles. The molecule has 28 heavy (non-hydrogen) atoms. The molecule has 4 rings (SSSR count). The number of fused-ring (bicyclic) bond motifs is 2. The van der Waals surface area contributed by atoms with Crippen molar-refractivity contribution in [2.45, 2.75) is 31.8 Å². The van der Waals surface area contributed by atoms with Crippen molar-refractivity contribution in [2.75, 3.05) is 23.8 Å². The molecule has 0 aromatic heterocycles. The highest BCUT2D eigenvalue weighted by atomic mass is 19.2. The summed E-state index contributed by atoms with van der Waals surface area (Å²) in [6.45, 7) is 0.742.